The minimum Gasteiger partial charge on any atom is -0.508 e. The largest absolute Gasteiger partial charge is 0.508 e. The summed E-state index contributed by atoms with van der Waals surface area (Å²) in [6, 6.07) is 3.21. The highest BCUT2D eigenvalue weighted by Gasteiger charge is 2.12. The molecule has 0 fully saturated rings. The lowest BCUT2D eigenvalue weighted by Crippen LogP contribution is -2.05. The van der Waals surface area contributed by atoms with Gasteiger partial charge in [-0.25, -0.2) is 4.98 Å². The normalized spacial score (nSPS) is 11.1. The number of aromatic hydroxyl groups is 1. The summed E-state index contributed by atoms with van der Waals surface area (Å²) in [5.74, 6) is 0.164. The average Bonchev–Trinajstić information content (AvgIpc) is 2.95. The minimum absolute atomic E-state index is 0.132. The first-order valence-corrected chi connectivity index (χ1v) is 6.47. The van der Waals surface area contributed by atoms with E-state index >= 15 is 0 Å². The molecule has 0 aliphatic rings. The number of phenolic OH excluding ortho intramolecular Hbond substituents is 1. The van der Waals surface area contributed by atoms with Gasteiger partial charge in [-0.1, -0.05) is 13.3 Å². The van der Waals surface area contributed by atoms with E-state index < -0.39 is 0 Å². The van der Waals surface area contributed by atoms with Crippen molar-refractivity contribution >= 4 is 11.0 Å². The SMILES string of the molecule is CCCc1cc2c(=O)c(-c3cnc[nH]3)coc2cc1O. The zero-order valence-corrected chi connectivity index (χ0v) is 11.0. The monoisotopic (exact) mass is 270 g/mol. The van der Waals surface area contributed by atoms with Crippen molar-refractivity contribution in [1.29, 1.82) is 0 Å². The molecular weight excluding hydrogens is 256 g/mol. The standard InChI is InChI=1S/C15H14N2O3/c1-2-3-9-4-10-14(5-13(9)18)20-7-11(15(10)19)12-6-16-8-17-12/h4-8,18H,2-3H2,1H3,(H,16,17). The molecule has 20 heavy (non-hydrogen) atoms. The summed E-state index contributed by atoms with van der Waals surface area (Å²) in [7, 11) is 0. The number of hydrogen-bond donors (Lipinski definition) is 2. The molecular formula is C15H14N2O3. The van der Waals surface area contributed by atoms with Crippen molar-refractivity contribution in [2.75, 3.05) is 0 Å². The summed E-state index contributed by atoms with van der Waals surface area (Å²) in [5.41, 5.74) is 2.06. The number of aromatic nitrogens is 2. The lowest BCUT2D eigenvalue weighted by molar-refractivity contribution is 0.466. The molecule has 3 rings (SSSR count). The van der Waals surface area contributed by atoms with Gasteiger partial charge in [0.05, 0.1) is 29.2 Å². The van der Waals surface area contributed by atoms with Crippen LogP contribution in [0.4, 0.5) is 0 Å². The highest BCUT2D eigenvalue weighted by molar-refractivity contribution is 5.83. The Morgan fingerprint density at radius 1 is 1.40 bits per heavy atom. The van der Waals surface area contributed by atoms with Crippen molar-refractivity contribution in [3.63, 3.8) is 0 Å². The highest BCUT2D eigenvalue weighted by atomic mass is 16.3. The van der Waals surface area contributed by atoms with E-state index in [0.29, 0.717) is 22.2 Å². The maximum absolute atomic E-state index is 12.5. The zero-order chi connectivity index (χ0) is 14.1. The molecule has 0 radical (unpaired) electrons. The number of hydrogen-bond acceptors (Lipinski definition) is 4. The molecule has 2 heterocycles. The quantitative estimate of drug-likeness (QED) is 0.767. The molecule has 2 aromatic heterocycles. The van der Waals surface area contributed by atoms with E-state index in [2.05, 4.69) is 9.97 Å². The van der Waals surface area contributed by atoms with Gasteiger partial charge in [-0.05, 0) is 18.1 Å². The molecule has 5 heteroatoms. The lowest BCUT2D eigenvalue weighted by atomic mass is 10.0. The average molecular weight is 270 g/mol. The number of nitrogens with zero attached hydrogens (tertiary/aromatic N) is 1. The van der Waals surface area contributed by atoms with Crippen LogP contribution >= 0.6 is 0 Å². The molecule has 0 spiro atoms. The molecule has 0 bridgehead atoms. The van der Waals surface area contributed by atoms with Gasteiger partial charge in [0.1, 0.15) is 17.6 Å². The van der Waals surface area contributed by atoms with Crippen molar-refractivity contribution < 1.29 is 9.52 Å². The summed E-state index contributed by atoms with van der Waals surface area (Å²) in [4.78, 5) is 19.3. The summed E-state index contributed by atoms with van der Waals surface area (Å²) in [5, 5.41) is 10.4. The topological polar surface area (TPSA) is 79.1 Å². The fourth-order valence-electron chi connectivity index (χ4n) is 2.27. The number of benzene rings is 1. The predicted octanol–water partition coefficient (Wildman–Crippen LogP) is 2.84. The van der Waals surface area contributed by atoms with E-state index in [0.717, 1.165) is 18.4 Å². The number of imidazole rings is 1. The molecule has 0 unspecified atom stereocenters. The van der Waals surface area contributed by atoms with Gasteiger partial charge in [0, 0.05) is 6.07 Å². The number of aryl methyl sites for hydroxylation is 1. The third kappa shape index (κ3) is 1.97. The van der Waals surface area contributed by atoms with Crippen molar-refractivity contribution in [2.45, 2.75) is 19.8 Å². The number of H-pyrrole nitrogens is 1. The Kier molecular flexibility index (Phi) is 3.02. The van der Waals surface area contributed by atoms with Crippen LogP contribution in [-0.4, -0.2) is 15.1 Å². The van der Waals surface area contributed by atoms with Gasteiger partial charge in [0.2, 0.25) is 5.43 Å². The second-order valence-electron chi connectivity index (χ2n) is 4.67. The predicted molar refractivity (Wildman–Crippen MR) is 75.7 cm³/mol. The van der Waals surface area contributed by atoms with E-state index in [-0.39, 0.29) is 11.2 Å². The zero-order valence-electron chi connectivity index (χ0n) is 11.0. The molecule has 5 nitrogen and oxygen atoms in total. The van der Waals surface area contributed by atoms with E-state index in [1.165, 1.54) is 18.7 Å². The van der Waals surface area contributed by atoms with Crippen LogP contribution < -0.4 is 5.43 Å². The Hall–Kier alpha value is -2.56. The van der Waals surface area contributed by atoms with Crippen LogP contribution in [0, 0.1) is 0 Å². The minimum atomic E-state index is -0.132. The molecule has 102 valence electrons. The van der Waals surface area contributed by atoms with E-state index in [1.807, 2.05) is 6.92 Å². The van der Waals surface area contributed by atoms with Crippen LogP contribution in [0.5, 0.6) is 5.75 Å². The van der Waals surface area contributed by atoms with Gasteiger partial charge in [-0.3, -0.25) is 4.79 Å². The maximum atomic E-state index is 12.5. The van der Waals surface area contributed by atoms with Gasteiger partial charge in [-0.15, -0.1) is 0 Å². The number of fused-ring (bicyclic) bond motifs is 1. The molecule has 1 aromatic carbocycles. The second kappa shape index (κ2) is 4.85. The molecule has 2 N–H and O–H groups in total. The fraction of sp³-hybridized carbons (Fsp3) is 0.200. The van der Waals surface area contributed by atoms with Crippen LogP contribution in [0.2, 0.25) is 0 Å². The molecule has 0 amide bonds. The Bertz CT molecular complexity index is 804. The van der Waals surface area contributed by atoms with Crippen molar-refractivity contribution in [3.05, 3.63) is 46.7 Å². The summed E-state index contributed by atoms with van der Waals surface area (Å²) >= 11 is 0. The van der Waals surface area contributed by atoms with Gasteiger partial charge < -0.3 is 14.5 Å². The Morgan fingerprint density at radius 3 is 2.95 bits per heavy atom. The summed E-state index contributed by atoms with van der Waals surface area (Å²) < 4.78 is 5.45. The highest BCUT2D eigenvalue weighted by Crippen LogP contribution is 2.26. The number of phenols is 1. The molecule has 0 atom stereocenters. The smallest absolute Gasteiger partial charge is 0.202 e. The number of rotatable bonds is 3. The lowest BCUT2D eigenvalue weighted by Gasteiger charge is -2.06. The van der Waals surface area contributed by atoms with Crippen LogP contribution in [0.15, 0.2) is 40.1 Å². The van der Waals surface area contributed by atoms with E-state index in [9.17, 15) is 9.90 Å². The van der Waals surface area contributed by atoms with Gasteiger partial charge in [-0.2, -0.15) is 0 Å². The van der Waals surface area contributed by atoms with E-state index in [1.54, 1.807) is 12.3 Å². The molecule has 0 aliphatic heterocycles. The molecule has 3 aromatic rings. The molecule has 0 saturated heterocycles. The molecule has 0 aliphatic carbocycles. The Balaban J connectivity index is 2.26. The first-order chi connectivity index (χ1) is 9.70. The van der Waals surface area contributed by atoms with Gasteiger partial charge >= 0.3 is 0 Å². The van der Waals surface area contributed by atoms with Crippen molar-refractivity contribution in [1.82, 2.24) is 9.97 Å². The fourth-order valence-corrected chi connectivity index (χ4v) is 2.27. The Labute approximate surface area is 114 Å². The summed E-state index contributed by atoms with van der Waals surface area (Å²) in [6.45, 7) is 2.02. The van der Waals surface area contributed by atoms with Gasteiger partial charge in [0.15, 0.2) is 0 Å². The number of aromatic amines is 1. The van der Waals surface area contributed by atoms with Crippen LogP contribution in [0.3, 0.4) is 0 Å². The third-order valence-corrected chi connectivity index (χ3v) is 3.28. The van der Waals surface area contributed by atoms with Gasteiger partial charge in [0.25, 0.3) is 0 Å². The van der Waals surface area contributed by atoms with Crippen LogP contribution in [-0.2, 0) is 6.42 Å². The molecule has 0 saturated carbocycles. The first kappa shape index (κ1) is 12.5. The van der Waals surface area contributed by atoms with E-state index in [4.69, 9.17) is 4.42 Å². The Morgan fingerprint density at radius 2 is 2.25 bits per heavy atom. The van der Waals surface area contributed by atoms with Crippen LogP contribution in [0.25, 0.3) is 22.2 Å². The second-order valence-corrected chi connectivity index (χ2v) is 4.67. The summed E-state index contributed by atoms with van der Waals surface area (Å²) in [6.07, 6.45) is 6.08. The van der Waals surface area contributed by atoms with Crippen molar-refractivity contribution in [2.24, 2.45) is 0 Å². The number of nitrogens with one attached hydrogen (secondary N) is 1. The van der Waals surface area contributed by atoms with Crippen LogP contribution in [0.1, 0.15) is 18.9 Å². The van der Waals surface area contributed by atoms with Crippen molar-refractivity contribution in [3.8, 4) is 17.0 Å². The maximum Gasteiger partial charge on any atom is 0.202 e. The first-order valence-electron chi connectivity index (χ1n) is 6.47. The third-order valence-electron chi connectivity index (χ3n) is 3.28.